The monoisotopic (exact) mass is 436 g/mol. The van der Waals surface area contributed by atoms with Crippen molar-refractivity contribution in [2.45, 2.75) is 50.6 Å². The molecule has 6 nitrogen and oxygen atoms in total. The predicted octanol–water partition coefficient (Wildman–Crippen LogP) is 3.99. The van der Waals surface area contributed by atoms with Gasteiger partial charge in [-0.15, -0.1) is 11.3 Å². The number of hydrogen-bond acceptors (Lipinski definition) is 6. The molecule has 3 atom stereocenters. The van der Waals surface area contributed by atoms with E-state index in [1.807, 2.05) is 47.3 Å². The molecule has 0 radical (unpaired) electrons. The van der Waals surface area contributed by atoms with Gasteiger partial charge in [0.05, 0.1) is 5.69 Å². The number of alkyl halides is 1. The van der Waals surface area contributed by atoms with Gasteiger partial charge in [-0.3, -0.25) is 4.98 Å². The number of thiazole rings is 1. The average molecular weight is 437 g/mol. The SMILES string of the molecule is F[C@H]1C[C@H](NCc2cccn3ccnc23)CC[C@H]1NCc1cnc(-c2ccccn2)s1. The van der Waals surface area contributed by atoms with Crippen LogP contribution in [0, 0.1) is 0 Å². The molecule has 0 bridgehead atoms. The Morgan fingerprint density at radius 2 is 1.97 bits per heavy atom. The summed E-state index contributed by atoms with van der Waals surface area (Å²) in [6.45, 7) is 1.34. The van der Waals surface area contributed by atoms with Crippen molar-refractivity contribution in [3.8, 4) is 10.7 Å². The van der Waals surface area contributed by atoms with Gasteiger partial charge in [0.1, 0.15) is 16.8 Å². The molecule has 0 saturated heterocycles. The summed E-state index contributed by atoms with van der Waals surface area (Å²) in [6, 6.07) is 9.96. The zero-order valence-corrected chi connectivity index (χ0v) is 17.9. The summed E-state index contributed by atoms with van der Waals surface area (Å²) in [5.41, 5.74) is 2.97. The van der Waals surface area contributed by atoms with Crippen molar-refractivity contribution in [1.29, 1.82) is 0 Å². The molecule has 2 N–H and O–H groups in total. The Morgan fingerprint density at radius 3 is 2.84 bits per heavy atom. The highest BCUT2D eigenvalue weighted by Gasteiger charge is 2.30. The fraction of sp³-hybridized carbons (Fsp3) is 0.348. The molecule has 1 aliphatic rings. The van der Waals surface area contributed by atoms with E-state index in [1.54, 1.807) is 23.7 Å². The molecule has 1 aliphatic carbocycles. The van der Waals surface area contributed by atoms with Crippen molar-refractivity contribution < 1.29 is 4.39 Å². The van der Waals surface area contributed by atoms with E-state index >= 15 is 0 Å². The van der Waals surface area contributed by atoms with Crippen LogP contribution in [0.15, 0.2) is 61.3 Å². The summed E-state index contributed by atoms with van der Waals surface area (Å²) in [5, 5.41) is 7.83. The maximum absolute atomic E-state index is 14.9. The average Bonchev–Trinajstić information content (AvgIpc) is 3.47. The lowest BCUT2D eigenvalue weighted by molar-refractivity contribution is 0.160. The number of imidazole rings is 1. The van der Waals surface area contributed by atoms with Gasteiger partial charge in [0.2, 0.25) is 0 Å². The maximum Gasteiger partial charge on any atom is 0.142 e. The lowest BCUT2D eigenvalue weighted by Crippen LogP contribution is -2.46. The number of pyridine rings is 2. The molecule has 0 spiro atoms. The van der Waals surface area contributed by atoms with E-state index in [0.717, 1.165) is 39.6 Å². The number of nitrogens with one attached hydrogen (secondary N) is 2. The summed E-state index contributed by atoms with van der Waals surface area (Å²) in [7, 11) is 0. The van der Waals surface area contributed by atoms with E-state index in [-0.39, 0.29) is 12.1 Å². The van der Waals surface area contributed by atoms with E-state index in [2.05, 4.69) is 31.7 Å². The number of fused-ring (bicyclic) bond motifs is 1. The Bertz CT molecular complexity index is 1130. The highest BCUT2D eigenvalue weighted by molar-refractivity contribution is 7.14. The van der Waals surface area contributed by atoms with Crippen molar-refractivity contribution in [2.24, 2.45) is 0 Å². The van der Waals surface area contributed by atoms with Crippen LogP contribution in [0.5, 0.6) is 0 Å². The third-order valence-corrected chi connectivity index (χ3v) is 6.85. The van der Waals surface area contributed by atoms with Crippen LogP contribution in [0.4, 0.5) is 4.39 Å². The Kier molecular flexibility index (Phi) is 6.01. The van der Waals surface area contributed by atoms with Crippen LogP contribution in [0.2, 0.25) is 0 Å². The summed E-state index contributed by atoms with van der Waals surface area (Å²) in [6.07, 6.45) is 10.8. The molecular formula is C23H25FN6S. The van der Waals surface area contributed by atoms with Crippen LogP contribution in [0.25, 0.3) is 16.3 Å². The first-order chi connectivity index (χ1) is 15.3. The molecule has 4 heterocycles. The molecule has 8 heteroatoms. The zero-order valence-electron chi connectivity index (χ0n) is 17.1. The minimum Gasteiger partial charge on any atom is -0.310 e. The van der Waals surface area contributed by atoms with Crippen LogP contribution in [-0.4, -0.2) is 37.6 Å². The molecule has 4 aromatic heterocycles. The highest BCUT2D eigenvalue weighted by Crippen LogP contribution is 2.26. The number of halogens is 1. The fourth-order valence-corrected chi connectivity index (χ4v) is 5.00. The Balaban J connectivity index is 1.11. The minimum absolute atomic E-state index is 0.117. The quantitative estimate of drug-likeness (QED) is 0.459. The van der Waals surface area contributed by atoms with Crippen LogP contribution in [-0.2, 0) is 13.1 Å². The first kappa shape index (κ1) is 20.2. The van der Waals surface area contributed by atoms with Gasteiger partial charge in [0.15, 0.2) is 0 Å². The standard InChI is InChI=1S/C23H25FN6S/c24-19-12-17(27-13-16-4-3-10-30-11-9-26-22(16)30)6-7-20(19)28-14-18-15-29-23(31-18)21-5-1-2-8-25-21/h1-5,8-11,15,17,19-20,27-28H,6-7,12-14H2/t17-,19+,20-/m1/s1. The summed E-state index contributed by atoms with van der Waals surface area (Å²) < 4.78 is 16.9. The van der Waals surface area contributed by atoms with Crippen LogP contribution >= 0.6 is 11.3 Å². The van der Waals surface area contributed by atoms with E-state index < -0.39 is 6.17 Å². The van der Waals surface area contributed by atoms with E-state index in [9.17, 15) is 4.39 Å². The van der Waals surface area contributed by atoms with E-state index in [4.69, 9.17) is 0 Å². The lowest BCUT2D eigenvalue weighted by atomic mass is 9.89. The second-order valence-corrected chi connectivity index (χ2v) is 9.05. The second-order valence-electron chi connectivity index (χ2n) is 7.93. The van der Waals surface area contributed by atoms with Gasteiger partial charge in [-0.1, -0.05) is 12.1 Å². The molecule has 0 aromatic carbocycles. The molecule has 5 rings (SSSR count). The first-order valence-electron chi connectivity index (χ1n) is 10.6. The highest BCUT2D eigenvalue weighted by atomic mass is 32.1. The predicted molar refractivity (Wildman–Crippen MR) is 121 cm³/mol. The van der Waals surface area contributed by atoms with Gasteiger partial charge >= 0.3 is 0 Å². The molecule has 1 saturated carbocycles. The van der Waals surface area contributed by atoms with Crippen molar-refractivity contribution in [2.75, 3.05) is 0 Å². The molecule has 160 valence electrons. The van der Waals surface area contributed by atoms with Gasteiger partial charge in [0, 0.05) is 66.6 Å². The Hall–Kier alpha value is -2.68. The summed E-state index contributed by atoms with van der Waals surface area (Å²) >= 11 is 1.60. The van der Waals surface area contributed by atoms with Gasteiger partial charge in [-0.25, -0.2) is 14.4 Å². The van der Waals surface area contributed by atoms with Gasteiger partial charge < -0.3 is 15.0 Å². The number of rotatable bonds is 7. The summed E-state index contributed by atoms with van der Waals surface area (Å²) in [4.78, 5) is 14.3. The number of hydrogen-bond donors (Lipinski definition) is 2. The van der Waals surface area contributed by atoms with Crippen molar-refractivity contribution >= 4 is 17.0 Å². The molecule has 0 aliphatic heterocycles. The van der Waals surface area contributed by atoms with E-state index in [1.165, 1.54) is 0 Å². The zero-order chi connectivity index (χ0) is 21.0. The van der Waals surface area contributed by atoms with Crippen molar-refractivity contribution in [3.63, 3.8) is 0 Å². The van der Waals surface area contributed by atoms with Crippen LogP contribution < -0.4 is 10.6 Å². The first-order valence-corrected chi connectivity index (χ1v) is 11.5. The normalized spacial score (nSPS) is 21.5. The third kappa shape index (κ3) is 4.66. The lowest BCUT2D eigenvalue weighted by Gasteiger charge is -2.33. The third-order valence-electron chi connectivity index (χ3n) is 5.83. The second kappa shape index (κ2) is 9.21. The number of aromatic nitrogens is 4. The smallest absolute Gasteiger partial charge is 0.142 e. The molecule has 0 unspecified atom stereocenters. The summed E-state index contributed by atoms with van der Waals surface area (Å²) in [5.74, 6) is 0. The van der Waals surface area contributed by atoms with Crippen LogP contribution in [0.3, 0.4) is 0 Å². The fourth-order valence-electron chi connectivity index (χ4n) is 4.16. The largest absolute Gasteiger partial charge is 0.310 e. The molecule has 31 heavy (non-hydrogen) atoms. The molecule has 1 fully saturated rings. The molecular weight excluding hydrogens is 411 g/mol. The Morgan fingerprint density at radius 1 is 1.00 bits per heavy atom. The minimum atomic E-state index is -0.864. The molecule has 0 amide bonds. The van der Waals surface area contributed by atoms with Gasteiger partial charge in [-0.05, 0) is 37.5 Å². The Labute approximate surface area is 184 Å². The maximum atomic E-state index is 14.9. The van der Waals surface area contributed by atoms with Crippen molar-refractivity contribution in [1.82, 2.24) is 30.0 Å². The topological polar surface area (TPSA) is 67.1 Å². The van der Waals surface area contributed by atoms with Gasteiger partial charge in [0.25, 0.3) is 0 Å². The number of nitrogens with zero attached hydrogens (tertiary/aromatic N) is 4. The molecule has 4 aromatic rings. The van der Waals surface area contributed by atoms with Crippen LogP contribution in [0.1, 0.15) is 29.7 Å². The van der Waals surface area contributed by atoms with E-state index in [0.29, 0.717) is 19.5 Å². The van der Waals surface area contributed by atoms with Gasteiger partial charge in [-0.2, -0.15) is 0 Å². The van der Waals surface area contributed by atoms with Crippen molar-refractivity contribution in [3.05, 3.63) is 71.8 Å².